The largest absolute Gasteiger partial charge is 0.394 e. The van der Waals surface area contributed by atoms with Gasteiger partial charge in [0.05, 0.1) is 12.6 Å². The summed E-state index contributed by atoms with van der Waals surface area (Å²) in [4.78, 5) is 0. The number of aryl methyl sites for hydroxylation is 2. The van der Waals surface area contributed by atoms with Gasteiger partial charge >= 0.3 is 0 Å². The lowest BCUT2D eigenvalue weighted by Crippen LogP contribution is -2.16. The van der Waals surface area contributed by atoms with Crippen molar-refractivity contribution in [3.8, 4) is 0 Å². The number of hydrogen-bond acceptors (Lipinski definition) is 2. The summed E-state index contributed by atoms with van der Waals surface area (Å²) in [6.45, 7) is 4.14. The molecule has 0 aliphatic rings. The molecule has 0 amide bonds. The Labute approximate surface area is 119 Å². The van der Waals surface area contributed by atoms with Gasteiger partial charge in [-0.05, 0) is 43.2 Å². The molecule has 2 aromatic rings. The molecule has 100 valence electrons. The Morgan fingerprint density at radius 1 is 1.16 bits per heavy atom. The molecule has 0 radical (unpaired) electrons. The van der Waals surface area contributed by atoms with E-state index in [1.54, 1.807) is 0 Å². The maximum atomic E-state index is 9.63. The molecule has 3 heteroatoms. The second kappa shape index (κ2) is 6.09. The molecule has 1 unspecified atom stereocenters. The number of hydrogen-bond donors (Lipinski definition) is 2. The van der Waals surface area contributed by atoms with Crippen molar-refractivity contribution in [1.29, 1.82) is 0 Å². The summed E-state index contributed by atoms with van der Waals surface area (Å²) in [6.07, 6.45) is 0. The fourth-order valence-corrected chi connectivity index (χ4v) is 2.33. The van der Waals surface area contributed by atoms with Gasteiger partial charge in [0.2, 0.25) is 0 Å². The van der Waals surface area contributed by atoms with Gasteiger partial charge in [0.1, 0.15) is 0 Å². The second-order valence-electron chi connectivity index (χ2n) is 4.75. The molecule has 2 nitrogen and oxygen atoms in total. The molecule has 0 saturated heterocycles. The van der Waals surface area contributed by atoms with Gasteiger partial charge in [0, 0.05) is 10.7 Å². The molecular weight excluding hydrogens is 258 g/mol. The van der Waals surface area contributed by atoms with Crippen molar-refractivity contribution in [3.05, 3.63) is 64.2 Å². The zero-order valence-corrected chi connectivity index (χ0v) is 11.9. The molecule has 0 aliphatic carbocycles. The van der Waals surface area contributed by atoms with E-state index in [2.05, 4.69) is 37.4 Å². The van der Waals surface area contributed by atoms with Crippen molar-refractivity contribution in [1.82, 2.24) is 0 Å². The highest BCUT2D eigenvalue weighted by Gasteiger charge is 2.13. The quantitative estimate of drug-likeness (QED) is 0.880. The average molecular weight is 276 g/mol. The zero-order valence-electron chi connectivity index (χ0n) is 11.2. The van der Waals surface area contributed by atoms with Crippen LogP contribution in [-0.4, -0.2) is 11.7 Å². The Morgan fingerprint density at radius 3 is 2.63 bits per heavy atom. The van der Waals surface area contributed by atoms with Gasteiger partial charge in [-0.1, -0.05) is 41.4 Å². The number of rotatable bonds is 4. The molecule has 19 heavy (non-hydrogen) atoms. The lowest BCUT2D eigenvalue weighted by molar-refractivity contribution is 0.276. The van der Waals surface area contributed by atoms with Gasteiger partial charge in [-0.25, -0.2) is 0 Å². The van der Waals surface area contributed by atoms with E-state index in [0.717, 1.165) is 11.3 Å². The Morgan fingerprint density at radius 2 is 1.95 bits per heavy atom. The van der Waals surface area contributed by atoms with Crippen LogP contribution in [0.4, 0.5) is 5.69 Å². The van der Waals surface area contributed by atoms with Crippen LogP contribution < -0.4 is 5.32 Å². The third-order valence-corrected chi connectivity index (χ3v) is 3.39. The van der Waals surface area contributed by atoms with Crippen LogP contribution in [0.2, 0.25) is 5.02 Å². The van der Waals surface area contributed by atoms with Crippen molar-refractivity contribution < 1.29 is 5.11 Å². The predicted molar refractivity (Wildman–Crippen MR) is 80.8 cm³/mol. The first-order chi connectivity index (χ1) is 9.10. The molecule has 2 aromatic carbocycles. The number of aliphatic hydroxyl groups is 1. The van der Waals surface area contributed by atoms with Crippen LogP contribution >= 0.6 is 11.6 Å². The third-order valence-electron chi connectivity index (χ3n) is 3.16. The van der Waals surface area contributed by atoms with E-state index in [4.69, 9.17) is 11.6 Å². The molecular formula is C16H18ClNO. The van der Waals surface area contributed by atoms with Crippen molar-refractivity contribution in [2.24, 2.45) is 0 Å². The van der Waals surface area contributed by atoms with Crippen molar-refractivity contribution >= 4 is 17.3 Å². The highest BCUT2D eigenvalue weighted by Crippen LogP contribution is 2.24. The summed E-state index contributed by atoms with van der Waals surface area (Å²) in [5, 5.41) is 13.6. The van der Waals surface area contributed by atoms with Crippen molar-refractivity contribution in [3.63, 3.8) is 0 Å². The lowest BCUT2D eigenvalue weighted by atomic mass is 9.99. The van der Waals surface area contributed by atoms with Gasteiger partial charge in [-0.3, -0.25) is 0 Å². The van der Waals surface area contributed by atoms with Gasteiger partial charge in [0.25, 0.3) is 0 Å². The van der Waals surface area contributed by atoms with Crippen molar-refractivity contribution in [2.75, 3.05) is 11.9 Å². The Kier molecular flexibility index (Phi) is 4.46. The minimum absolute atomic E-state index is 0.0385. The van der Waals surface area contributed by atoms with Crippen LogP contribution in [0.5, 0.6) is 0 Å². The predicted octanol–water partition coefficient (Wildman–Crippen LogP) is 4.10. The van der Waals surface area contributed by atoms with Crippen LogP contribution in [0.15, 0.2) is 42.5 Å². The summed E-state index contributed by atoms with van der Waals surface area (Å²) in [6, 6.07) is 13.7. The van der Waals surface area contributed by atoms with Crippen LogP contribution in [-0.2, 0) is 0 Å². The van der Waals surface area contributed by atoms with Gasteiger partial charge in [0.15, 0.2) is 0 Å². The van der Waals surface area contributed by atoms with Crippen LogP contribution in [0.1, 0.15) is 22.7 Å². The molecule has 1 atom stereocenters. The van der Waals surface area contributed by atoms with Crippen LogP contribution in [0, 0.1) is 13.8 Å². The highest BCUT2D eigenvalue weighted by molar-refractivity contribution is 6.30. The highest BCUT2D eigenvalue weighted by atomic mass is 35.5. The zero-order chi connectivity index (χ0) is 13.8. The molecule has 0 saturated carbocycles. The first-order valence-electron chi connectivity index (χ1n) is 6.30. The normalized spacial score (nSPS) is 12.2. The molecule has 0 aromatic heterocycles. The molecule has 0 spiro atoms. The summed E-state index contributed by atoms with van der Waals surface area (Å²) in [5.41, 5.74) is 4.38. The van der Waals surface area contributed by atoms with E-state index in [1.165, 1.54) is 11.1 Å². The fraction of sp³-hybridized carbons (Fsp3) is 0.250. The topological polar surface area (TPSA) is 32.3 Å². The van der Waals surface area contributed by atoms with Crippen LogP contribution in [0.3, 0.4) is 0 Å². The maximum absolute atomic E-state index is 9.63. The molecule has 0 bridgehead atoms. The third kappa shape index (κ3) is 3.49. The van der Waals surface area contributed by atoms with Crippen LogP contribution in [0.25, 0.3) is 0 Å². The average Bonchev–Trinajstić information content (AvgIpc) is 2.39. The smallest absolute Gasteiger partial charge is 0.0747 e. The molecule has 0 fully saturated rings. The Hall–Kier alpha value is -1.51. The van der Waals surface area contributed by atoms with E-state index >= 15 is 0 Å². The number of anilines is 1. The molecule has 2 rings (SSSR count). The van der Waals surface area contributed by atoms with E-state index in [9.17, 15) is 5.11 Å². The summed E-state index contributed by atoms with van der Waals surface area (Å²) in [7, 11) is 0. The standard InChI is InChI=1S/C16H18ClNO/c1-11-6-7-12(2)15(8-11)16(10-19)18-14-5-3-4-13(17)9-14/h3-9,16,18-19H,10H2,1-2H3. The van der Waals surface area contributed by atoms with Crippen molar-refractivity contribution in [2.45, 2.75) is 19.9 Å². The van der Waals surface area contributed by atoms with E-state index in [0.29, 0.717) is 5.02 Å². The molecule has 0 heterocycles. The summed E-state index contributed by atoms with van der Waals surface area (Å²) >= 11 is 5.97. The number of benzene rings is 2. The van der Waals surface area contributed by atoms with E-state index < -0.39 is 0 Å². The SMILES string of the molecule is Cc1ccc(C)c(C(CO)Nc2cccc(Cl)c2)c1. The number of halogens is 1. The van der Waals surface area contributed by atoms with Gasteiger partial charge in [-0.2, -0.15) is 0 Å². The minimum atomic E-state index is -0.127. The maximum Gasteiger partial charge on any atom is 0.0747 e. The fourth-order valence-electron chi connectivity index (χ4n) is 2.14. The van der Waals surface area contributed by atoms with Gasteiger partial charge in [-0.15, -0.1) is 0 Å². The monoisotopic (exact) mass is 275 g/mol. The number of nitrogens with one attached hydrogen (secondary N) is 1. The second-order valence-corrected chi connectivity index (χ2v) is 5.19. The number of aliphatic hydroxyl groups excluding tert-OH is 1. The molecule has 0 aliphatic heterocycles. The summed E-state index contributed by atoms with van der Waals surface area (Å²) in [5.74, 6) is 0. The van der Waals surface area contributed by atoms with E-state index in [1.807, 2.05) is 24.3 Å². The Bertz CT molecular complexity index is 568. The van der Waals surface area contributed by atoms with E-state index in [-0.39, 0.29) is 12.6 Å². The molecule has 2 N–H and O–H groups in total. The first kappa shape index (κ1) is 13.9. The minimum Gasteiger partial charge on any atom is -0.394 e. The first-order valence-corrected chi connectivity index (χ1v) is 6.68. The van der Waals surface area contributed by atoms with Gasteiger partial charge < -0.3 is 10.4 Å². The Balaban J connectivity index is 2.27. The lowest BCUT2D eigenvalue weighted by Gasteiger charge is -2.20. The summed E-state index contributed by atoms with van der Waals surface area (Å²) < 4.78 is 0.